The van der Waals surface area contributed by atoms with Crippen molar-refractivity contribution in [1.82, 2.24) is 0 Å². The highest BCUT2D eigenvalue weighted by Gasteiger charge is 2.47. The number of carbonyl (C=O) groups excluding carboxylic acids is 1. The van der Waals surface area contributed by atoms with Gasteiger partial charge in [-0.25, -0.2) is 0 Å². The summed E-state index contributed by atoms with van der Waals surface area (Å²) < 4.78 is 78.1. The fourth-order valence-corrected chi connectivity index (χ4v) is 3.02. The summed E-state index contributed by atoms with van der Waals surface area (Å²) in [6.07, 6.45) is -8.60. The Labute approximate surface area is 131 Å². The van der Waals surface area contributed by atoms with E-state index in [1.54, 1.807) is 6.08 Å². The molecule has 0 aromatic heterocycles. The molecule has 128 valence electrons. The van der Waals surface area contributed by atoms with E-state index in [0.29, 0.717) is 5.56 Å². The second-order valence-corrected chi connectivity index (χ2v) is 5.73. The third-order valence-electron chi connectivity index (χ3n) is 3.92. The van der Waals surface area contributed by atoms with Crippen molar-refractivity contribution >= 4 is 12.4 Å². The molecular formula is C15H10F6N2O. The van der Waals surface area contributed by atoms with Gasteiger partial charge in [-0.3, -0.25) is 9.98 Å². The van der Waals surface area contributed by atoms with Crippen LogP contribution in [0.3, 0.4) is 0 Å². The molecule has 1 aromatic rings. The van der Waals surface area contributed by atoms with Gasteiger partial charge < -0.3 is 4.79 Å². The Bertz CT molecular complexity index is 853. The van der Waals surface area contributed by atoms with Crippen LogP contribution < -0.4 is 10.7 Å². The highest BCUT2D eigenvalue weighted by atomic mass is 19.4. The summed E-state index contributed by atoms with van der Waals surface area (Å²) in [6, 6.07) is 0.773. The van der Waals surface area contributed by atoms with E-state index in [1.165, 1.54) is 6.08 Å². The zero-order valence-corrected chi connectivity index (χ0v) is 12.0. The molecule has 2 aliphatic heterocycles. The van der Waals surface area contributed by atoms with Crippen LogP contribution in [0.15, 0.2) is 22.1 Å². The Balaban J connectivity index is 2.28. The summed E-state index contributed by atoms with van der Waals surface area (Å²) in [5, 5.41) is -0.549. The third kappa shape index (κ3) is 2.83. The normalized spacial score (nSPS) is 22.4. The Hall–Kier alpha value is -2.19. The minimum Gasteiger partial charge on any atom is -0.301 e. The molecule has 0 bridgehead atoms. The molecule has 0 fully saturated rings. The Morgan fingerprint density at radius 2 is 1.92 bits per heavy atom. The number of carbonyl (C=O) groups is 1. The van der Waals surface area contributed by atoms with Crippen molar-refractivity contribution in [2.45, 2.75) is 30.7 Å². The Morgan fingerprint density at radius 3 is 2.50 bits per heavy atom. The summed E-state index contributed by atoms with van der Waals surface area (Å²) in [5.41, 5.74) is -3.16. The van der Waals surface area contributed by atoms with Gasteiger partial charge in [0.05, 0.1) is 29.2 Å². The van der Waals surface area contributed by atoms with E-state index in [0.717, 1.165) is 6.07 Å². The Morgan fingerprint density at radius 1 is 1.21 bits per heavy atom. The molecule has 0 spiro atoms. The van der Waals surface area contributed by atoms with Gasteiger partial charge in [0, 0.05) is 12.0 Å². The lowest BCUT2D eigenvalue weighted by molar-refractivity contribution is -0.151. The molecule has 2 aliphatic rings. The highest BCUT2D eigenvalue weighted by molar-refractivity contribution is 5.69. The molecule has 1 aromatic carbocycles. The predicted molar refractivity (Wildman–Crippen MR) is 70.8 cm³/mol. The van der Waals surface area contributed by atoms with Crippen molar-refractivity contribution in [1.29, 1.82) is 0 Å². The lowest BCUT2D eigenvalue weighted by Gasteiger charge is -2.21. The van der Waals surface area contributed by atoms with Crippen LogP contribution in [0, 0.1) is 0 Å². The summed E-state index contributed by atoms with van der Waals surface area (Å²) in [5.74, 6) is 0. The molecule has 1 atom stereocenters. The summed E-state index contributed by atoms with van der Waals surface area (Å²) >= 11 is 0. The lowest BCUT2D eigenvalue weighted by atomic mass is 9.89. The van der Waals surface area contributed by atoms with Crippen LogP contribution in [-0.4, -0.2) is 24.5 Å². The van der Waals surface area contributed by atoms with Crippen molar-refractivity contribution in [3.63, 3.8) is 0 Å². The van der Waals surface area contributed by atoms with Crippen LogP contribution in [-0.2, 0) is 17.4 Å². The highest BCUT2D eigenvalue weighted by Crippen LogP contribution is 2.36. The predicted octanol–water partition coefficient (Wildman–Crippen LogP) is 2.42. The number of aldehydes is 1. The van der Waals surface area contributed by atoms with Crippen molar-refractivity contribution < 1.29 is 31.1 Å². The fraction of sp³-hybridized carbons (Fsp3) is 0.400. The SMILES string of the molecule is O=CC1(CC(F)(F)F)Cc2c3c(cc(C(F)(F)F)c2=N1)=NCC=C3. The number of hydrogen-bond donors (Lipinski definition) is 0. The second kappa shape index (κ2) is 5.15. The van der Waals surface area contributed by atoms with Crippen molar-refractivity contribution in [2.24, 2.45) is 9.98 Å². The van der Waals surface area contributed by atoms with Gasteiger partial charge in [-0.2, -0.15) is 26.3 Å². The molecule has 0 N–H and O–H groups in total. The van der Waals surface area contributed by atoms with E-state index in [-0.39, 0.29) is 23.8 Å². The molecule has 2 heterocycles. The van der Waals surface area contributed by atoms with Crippen LogP contribution in [0.4, 0.5) is 26.3 Å². The van der Waals surface area contributed by atoms with Gasteiger partial charge in [-0.15, -0.1) is 0 Å². The van der Waals surface area contributed by atoms with E-state index in [2.05, 4.69) is 9.98 Å². The minimum absolute atomic E-state index is 0.0171. The van der Waals surface area contributed by atoms with Gasteiger partial charge in [-0.05, 0) is 11.6 Å². The first-order valence-corrected chi connectivity index (χ1v) is 6.92. The number of halogens is 6. The maximum Gasteiger partial charge on any atom is 0.418 e. The van der Waals surface area contributed by atoms with E-state index in [1.807, 2.05) is 0 Å². The monoisotopic (exact) mass is 348 g/mol. The first-order chi connectivity index (χ1) is 11.0. The fourth-order valence-electron chi connectivity index (χ4n) is 3.02. The van der Waals surface area contributed by atoms with Crippen LogP contribution in [0.5, 0.6) is 0 Å². The summed E-state index contributed by atoms with van der Waals surface area (Å²) in [6.45, 7) is 0.182. The molecule has 3 rings (SSSR count). The molecule has 24 heavy (non-hydrogen) atoms. The minimum atomic E-state index is -4.81. The number of fused-ring (bicyclic) bond motifs is 3. The lowest BCUT2D eigenvalue weighted by Crippen LogP contribution is -2.35. The molecule has 0 saturated heterocycles. The van der Waals surface area contributed by atoms with Crippen LogP contribution in [0.2, 0.25) is 0 Å². The first-order valence-electron chi connectivity index (χ1n) is 6.92. The van der Waals surface area contributed by atoms with Gasteiger partial charge in [0.2, 0.25) is 0 Å². The number of alkyl halides is 6. The van der Waals surface area contributed by atoms with E-state index in [9.17, 15) is 31.1 Å². The van der Waals surface area contributed by atoms with Crippen LogP contribution in [0.1, 0.15) is 23.1 Å². The van der Waals surface area contributed by atoms with Gasteiger partial charge in [0.1, 0.15) is 11.8 Å². The van der Waals surface area contributed by atoms with E-state index < -0.39 is 41.7 Å². The number of hydrogen-bond acceptors (Lipinski definition) is 3. The standard InChI is InChI=1S/C15H10F6N2O/c16-14(17,18)6-13(7-24)5-9-8-2-1-3-22-11(8)4-10(12(9)23-13)15(19,20)21/h1-2,4,7H,3,5-6H2. The molecular weight excluding hydrogens is 338 g/mol. The maximum atomic E-state index is 13.3. The molecule has 0 radical (unpaired) electrons. The van der Waals surface area contributed by atoms with Crippen LogP contribution >= 0.6 is 0 Å². The van der Waals surface area contributed by atoms with E-state index >= 15 is 0 Å². The average Bonchev–Trinajstić information content (AvgIpc) is 2.83. The van der Waals surface area contributed by atoms with E-state index in [4.69, 9.17) is 0 Å². The second-order valence-electron chi connectivity index (χ2n) is 5.73. The zero-order chi connectivity index (χ0) is 17.8. The van der Waals surface area contributed by atoms with Crippen molar-refractivity contribution in [2.75, 3.05) is 6.54 Å². The Kier molecular flexibility index (Phi) is 3.58. The summed E-state index contributed by atoms with van der Waals surface area (Å²) in [4.78, 5) is 18.8. The molecule has 3 nitrogen and oxygen atoms in total. The van der Waals surface area contributed by atoms with Crippen LogP contribution in [0.25, 0.3) is 6.08 Å². The number of rotatable bonds is 2. The topological polar surface area (TPSA) is 41.8 Å². The van der Waals surface area contributed by atoms with Gasteiger partial charge in [0.15, 0.2) is 0 Å². The first kappa shape index (κ1) is 16.7. The molecule has 0 amide bonds. The third-order valence-corrected chi connectivity index (χ3v) is 3.92. The quantitative estimate of drug-likeness (QED) is 0.598. The summed E-state index contributed by atoms with van der Waals surface area (Å²) in [7, 11) is 0. The number of benzene rings is 1. The molecule has 1 unspecified atom stereocenters. The largest absolute Gasteiger partial charge is 0.418 e. The smallest absolute Gasteiger partial charge is 0.301 e. The van der Waals surface area contributed by atoms with Gasteiger partial charge >= 0.3 is 12.4 Å². The van der Waals surface area contributed by atoms with Crippen molar-refractivity contribution in [3.05, 3.63) is 39.5 Å². The van der Waals surface area contributed by atoms with Crippen molar-refractivity contribution in [3.8, 4) is 0 Å². The molecule has 0 aliphatic carbocycles. The number of nitrogens with zero attached hydrogens (tertiary/aromatic N) is 2. The zero-order valence-electron chi connectivity index (χ0n) is 12.0. The molecule has 0 saturated carbocycles. The van der Waals surface area contributed by atoms with Gasteiger partial charge in [0.25, 0.3) is 0 Å². The maximum absolute atomic E-state index is 13.3. The van der Waals surface area contributed by atoms with Gasteiger partial charge in [-0.1, -0.05) is 12.2 Å². The average molecular weight is 348 g/mol. The molecule has 9 heteroatoms.